The summed E-state index contributed by atoms with van der Waals surface area (Å²) >= 11 is 1.67. The van der Waals surface area contributed by atoms with Crippen molar-refractivity contribution in [2.75, 3.05) is 26.2 Å². The predicted octanol–water partition coefficient (Wildman–Crippen LogP) is 4.54. The molecule has 2 N–H and O–H groups in total. The number of carbonyl (C=O) groups excluding carboxylic acids is 1. The maximum Gasteiger partial charge on any atom is 0.407 e. The topological polar surface area (TPSA) is 78.9 Å². The Morgan fingerprint density at radius 2 is 2.06 bits per heavy atom. The van der Waals surface area contributed by atoms with Gasteiger partial charge in [-0.1, -0.05) is 30.3 Å². The van der Waals surface area contributed by atoms with E-state index < -0.39 is 5.60 Å². The molecule has 1 aliphatic rings. The van der Waals surface area contributed by atoms with Crippen LogP contribution in [0.2, 0.25) is 0 Å². The minimum Gasteiger partial charge on any atom is -0.444 e. The number of halogens is 1. The molecule has 1 aromatic carbocycles. The SMILES string of the molecule is CCNC(=NCCc1csc(-c2ccccc2)n1)N1CC[C@@H](NC(=O)OC(C)(C)C)C1.I. The zero-order valence-corrected chi connectivity index (χ0v) is 22.4. The highest BCUT2D eigenvalue weighted by molar-refractivity contribution is 14.0. The molecule has 2 heterocycles. The third-order valence-corrected chi connectivity index (χ3v) is 5.69. The molecule has 0 saturated carbocycles. The minimum absolute atomic E-state index is 0. The Morgan fingerprint density at radius 1 is 1.31 bits per heavy atom. The molecule has 0 spiro atoms. The largest absolute Gasteiger partial charge is 0.444 e. The second-order valence-electron chi connectivity index (χ2n) is 8.57. The maximum atomic E-state index is 12.0. The van der Waals surface area contributed by atoms with Gasteiger partial charge in [-0.15, -0.1) is 35.3 Å². The summed E-state index contributed by atoms with van der Waals surface area (Å²) < 4.78 is 5.37. The lowest BCUT2D eigenvalue weighted by atomic mass is 10.2. The molecule has 1 fully saturated rings. The molecule has 0 bridgehead atoms. The third kappa shape index (κ3) is 8.23. The van der Waals surface area contributed by atoms with Gasteiger partial charge in [-0.05, 0) is 34.1 Å². The van der Waals surface area contributed by atoms with E-state index in [0.717, 1.165) is 54.7 Å². The van der Waals surface area contributed by atoms with Crippen molar-refractivity contribution in [1.29, 1.82) is 0 Å². The number of carbonyl (C=O) groups is 1. The number of nitrogens with one attached hydrogen (secondary N) is 2. The quantitative estimate of drug-likeness (QED) is 0.303. The Balaban J connectivity index is 0.00000363. The summed E-state index contributed by atoms with van der Waals surface area (Å²) in [6.07, 6.45) is 1.31. The highest BCUT2D eigenvalue weighted by atomic mass is 127. The monoisotopic (exact) mass is 571 g/mol. The Morgan fingerprint density at radius 3 is 2.75 bits per heavy atom. The molecule has 176 valence electrons. The average molecular weight is 572 g/mol. The molecule has 1 aromatic heterocycles. The fourth-order valence-corrected chi connectivity index (χ4v) is 4.24. The lowest BCUT2D eigenvalue weighted by molar-refractivity contribution is 0.0507. The van der Waals surface area contributed by atoms with E-state index in [2.05, 4.69) is 40.0 Å². The average Bonchev–Trinajstić information content (AvgIpc) is 3.36. The first-order chi connectivity index (χ1) is 14.8. The van der Waals surface area contributed by atoms with Crippen molar-refractivity contribution in [1.82, 2.24) is 20.5 Å². The molecule has 1 amide bonds. The van der Waals surface area contributed by atoms with E-state index in [1.807, 2.05) is 39.0 Å². The van der Waals surface area contributed by atoms with E-state index in [4.69, 9.17) is 14.7 Å². The van der Waals surface area contributed by atoms with Crippen LogP contribution in [0.15, 0.2) is 40.7 Å². The summed E-state index contributed by atoms with van der Waals surface area (Å²) in [6.45, 7) is 10.7. The Hall–Kier alpha value is -1.88. The Kier molecular flexibility index (Phi) is 10.2. The van der Waals surface area contributed by atoms with Crippen LogP contribution < -0.4 is 10.6 Å². The van der Waals surface area contributed by atoms with Gasteiger partial charge >= 0.3 is 6.09 Å². The normalized spacial score (nSPS) is 16.4. The predicted molar refractivity (Wildman–Crippen MR) is 142 cm³/mol. The molecule has 7 nitrogen and oxygen atoms in total. The van der Waals surface area contributed by atoms with E-state index >= 15 is 0 Å². The number of ether oxygens (including phenoxy) is 1. The number of hydrogen-bond acceptors (Lipinski definition) is 5. The third-order valence-electron chi connectivity index (χ3n) is 4.75. The smallest absolute Gasteiger partial charge is 0.407 e. The first kappa shape index (κ1) is 26.4. The number of alkyl carbamates (subject to hydrolysis) is 1. The number of aliphatic imine (C=N–C) groups is 1. The molecule has 1 atom stereocenters. The number of benzene rings is 1. The van der Waals surface area contributed by atoms with Crippen LogP contribution in [-0.4, -0.2) is 59.8 Å². The van der Waals surface area contributed by atoms with Gasteiger partial charge < -0.3 is 20.3 Å². The van der Waals surface area contributed by atoms with Crippen molar-refractivity contribution >= 4 is 47.4 Å². The summed E-state index contributed by atoms with van der Waals surface area (Å²) in [5, 5.41) is 9.49. The Bertz CT molecular complexity index is 882. The van der Waals surface area contributed by atoms with Gasteiger partial charge in [-0.3, -0.25) is 4.99 Å². The molecular weight excluding hydrogens is 537 g/mol. The number of rotatable bonds is 6. The van der Waals surface area contributed by atoms with Crippen molar-refractivity contribution in [3.05, 3.63) is 41.4 Å². The van der Waals surface area contributed by atoms with Gasteiger partial charge in [0.05, 0.1) is 11.7 Å². The van der Waals surface area contributed by atoms with Crippen LogP contribution in [0.1, 0.15) is 39.8 Å². The number of nitrogens with zero attached hydrogens (tertiary/aromatic N) is 3. The molecule has 2 aromatic rings. The minimum atomic E-state index is -0.491. The number of thiazole rings is 1. The number of likely N-dealkylation sites (tertiary alicyclic amines) is 1. The lowest BCUT2D eigenvalue weighted by Crippen LogP contribution is -2.44. The van der Waals surface area contributed by atoms with Crippen LogP contribution in [0.25, 0.3) is 10.6 Å². The van der Waals surface area contributed by atoms with Gasteiger partial charge in [0.1, 0.15) is 10.6 Å². The van der Waals surface area contributed by atoms with E-state index in [1.54, 1.807) is 11.3 Å². The van der Waals surface area contributed by atoms with Gasteiger partial charge in [0, 0.05) is 43.5 Å². The van der Waals surface area contributed by atoms with E-state index in [0.29, 0.717) is 6.54 Å². The molecule has 0 radical (unpaired) electrons. The van der Waals surface area contributed by atoms with Crippen molar-refractivity contribution in [3.8, 4) is 10.6 Å². The second-order valence-corrected chi connectivity index (χ2v) is 9.43. The van der Waals surface area contributed by atoms with Crippen LogP contribution in [0.5, 0.6) is 0 Å². The van der Waals surface area contributed by atoms with Crippen LogP contribution in [-0.2, 0) is 11.2 Å². The molecule has 0 unspecified atom stereocenters. The summed E-state index contributed by atoms with van der Waals surface area (Å²) in [7, 11) is 0. The summed E-state index contributed by atoms with van der Waals surface area (Å²) in [5.74, 6) is 0.884. The van der Waals surface area contributed by atoms with Crippen molar-refractivity contribution in [3.63, 3.8) is 0 Å². The second kappa shape index (κ2) is 12.4. The fourth-order valence-electron chi connectivity index (χ4n) is 3.38. The maximum absolute atomic E-state index is 12.0. The number of aromatic nitrogens is 1. The first-order valence-electron chi connectivity index (χ1n) is 10.9. The molecule has 9 heteroatoms. The fraction of sp³-hybridized carbons (Fsp3) is 0.522. The zero-order valence-electron chi connectivity index (χ0n) is 19.3. The van der Waals surface area contributed by atoms with Crippen LogP contribution in [0.4, 0.5) is 4.79 Å². The summed E-state index contributed by atoms with van der Waals surface area (Å²) in [6, 6.07) is 10.3. The van der Waals surface area contributed by atoms with Gasteiger partial charge in [-0.2, -0.15) is 0 Å². The highest BCUT2D eigenvalue weighted by Crippen LogP contribution is 2.23. The highest BCUT2D eigenvalue weighted by Gasteiger charge is 2.27. The standard InChI is InChI=1S/C23H33N5O2S.HI/c1-5-24-21(28-14-12-18(15-28)27-22(29)30-23(2,3)4)25-13-11-19-16-31-20(26-19)17-9-7-6-8-10-17;/h6-10,16,18H,5,11-15H2,1-4H3,(H,24,25)(H,27,29);1H/t18-;/m1./s1. The summed E-state index contributed by atoms with van der Waals surface area (Å²) in [4.78, 5) is 23.8. The Labute approximate surface area is 212 Å². The first-order valence-corrected chi connectivity index (χ1v) is 11.7. The molecular formula is C23H34IN5O2S. The molecule has 32 heavy (non-hydrogen) atoms. The van der Waals surface area contributed by atoms with E-state index in [9.17, 15) is 4.79 Å². The van der Waals surface area contributed by atoms with Crippen molar-refractivity contribution < 1.29 is 9.53 Å². The van der Waals surface area contributed by atoms with Crippen molar-refractivity contribution in [2.24, 2.45) is 4.99 Å². The van der Waals surface area contributed by atoms with Gasteiger partial charge in [0.25, 0.3) is 0 Å². The van der Waals surface area contributed by atoms with Crippen LogP contribution in [0.3, 0.4) is 0 Å². The molecule has 1 saturated heterocycles. The van der Waals surface area contributed by atoms with Gasteiger partial charge in [0.2, 0.25) is 0 Å². The zero-order chi connectivity index (χ0) is 22.3. The summed E-state index contributed by atoms with van der Waals surface area (Å²) in [5.41, 5.74) is 1.72. The van der Waals surface area contributed by atoms with Gasteiger partial charge in [0.15, 0.2) is 5.96 Å². The van der Waals surface area contributed by atoms with Crippen LogP contribution in [0, 0.1) is 0 Å². The van der Waals surface area contributed by atoms with E-state index in [-0.39, 0.29) is 36.1 Å². The molecule has 0 aliphatic carbocycles. The van der Waals surface area contributed by atoms with Crippen LogP contribution >= 0.6 is 35.3 Å². The van der Waals surface area contributed by atoms with E-state index in [1.165, 1.54) is 0 Å². The van der Waals surface area contributed by atoms with Crippen molar-refractivity contribution in [2.45, 2.75) is 52.2 Å². The number of amides is 1. The number of guanidine groups is 1. The number of hydrogen-bond donors (Lipinski definition) is 2. The molecule has 3 rings (SSSR count). The molecule has 1 aliphatic heterocycles. The lowest BCUT2D eigenvalue weighted by Gasteiger charge is -2.23. The van der Waals surface area contributed by atoms with Gasteiger partial charge in [-0.25, -0.2) is 9.78 Å².